The van der Waals surface area contributed by atoms with E-state index in [1.807, 2.05) is 0 Å². The molecule has 0 atom stereocenters. The largest absolute Gasteiger partial charge is 0.0953 e. The average molecular weight is 254 g/mol. The van der Waals surface area contributed by atoms with Crippen LogP contribution < -0.4 is 0 Å². The van der Waals surface area contributed by atoms with Gasteiger partial charge in [-0.1, -0.05) is 53.5 Å². The molecule has 54 valence electrons. The van der Waals surface area contributed by atoms with Crippen molar-refractivity contribution >= 4 is 30.7 Å². The molecular formula is C7H15ISi. The Hall–Kier alpha value is 0.687. The number of halogens is 1. The van der Waals surface area contributed by atoms with Gasteiger partial charge in [0.1, 0.15) is 0 Å². The number of alkyl halides is 1. The van der Waals surface area contributed by atoms with E-state index < -0.39 is 8.07 Å². The van der Waals surface area contributed by atoms with Crippen molar-refractivity contribution in [1.29, 1.82) is 0 Å². The fraction of sp³-hybridized carbons (Fsp3) is 0.714. The average Bonchev–Trinajstić information content (AvgIpc) is 1.62. The molecule has 9 heavy (non-hydrogen) atoms. The highest BCUT2D eigenvalue weighted by Crippen LogP contribution is 2.08. The molecule has 2 heteroatoms. The summed E-state index contributed by atoms with van der Waals surface area (Å²) < 4.78 is 1.18. The van der Waals surface area contributed by atoms with Gasteiger partial charge in [0, 0.05) is 4.43 Å². The molecule has 0 amide bonds. The molecule has 0 unspecified atom stereocenters. The minimum absolute atomic E-state index is 0.908. The van der Waals surface area contributed by atoms with Gasteiger partial charge in [-0.3, -0.25) is 0 Å². The standard InChI is InChI=1S/C7H15ISi/c1-7(5-8)6-9(2,3)4/h6H,5H2,1-4H3. The second-order valence-corrected chi connectivity index (χ2v) is 9.27. The Morgan fingerprint density at radius 2 is 1.89 bits per heavy atom. The third kappa shape index (κ3) is 6.57. The van der Waals surface area contributed by atoms with Crippen molar-refractivity contribution in [3.8, 4) is 0 Å². The fourth-order valence-electron chi connectivity index (χ4n) is 0.778. The molecule has 0 nitrogen and oxygen atoms in total. The predicted molar refractivity (Wildman–Crippen MR) is 56.0 cm³/mol. The molecule has 0 aliphatic carbocycles. The van der Waals surface area contributed by atoms with Crippen molar-refractivity contribution in [3.05, 3.63) is 11.3 Å². The van der Waals surface area contributed by atoms with Crippen molar-refractivity contribution in [1.82, 2.24) is 0 Å². The zero-order chi connectivity index (χ0) is 7.49. The van der Waals surface area contributed by atoms with Crippen LogP contribution in [0, 0.1) is 0 Å². The van der Waals surface area contributed by atoms with Crippen LogP contribution in [0.4, 0.5) is 0 Å². The van der Waals surface area contributed by atoms with Gasteiger partial charge >= 0.3 is 0 Å². The highest BCUT2D eigenvalue weighted by molar-refractivity contribution is 14.1. The van der Waals surface area contributed by atoms with Gasteiger partial charge in [0.2, 0.25) is 0 Å². The van der Waals surface area contributed by atoms with Crippen LogP contribution in [0.2, 0.25) is 19.6 Å². The molecule has 0 aromatic carbocycles. The molecule has 0 N–H and O–H groups in total. The SMILES string of the molecule is CC(=C[Si](C)(C)C)CI. The summed E-state index contributed by atoms with van der Waals surface area (Å²) in [5, 5.41) is 0. The van der Waals surface area contributed by atoms with Gasteiger partial charge in [-0.15, -0.1) is 0 Å². The molecule has 0 bridgehead atoms. The number of hydrogen-bond donors (Lipinski definition) is 0. The first kappa shape index (κ1) is 9.69. The van der Waals surface area contributed by atoms with Crippen molar-refractivity contribution in [3.63, 3.8) is 0 Å². The molecule has 0 rings (SSSR count). The van der Waals surface area contributed by atoms with E-state index in [0.717, 1.165) is 0 Å². The molecule has 0 saturated heterocycles. The third-order valence-corrected chi connectivity index (χ3v) is 3.45. The summed E-state index contributed by atoms with van der Waals surface area (Å²) in [6, 6.07) is 0. The molecule has 0 aromatic heterocycles. The molecule has 0 radical (unpaired) electrons. The Morgan fingerprint density at radius 1 is 1.44 bits per heavy atom. The zero-order valence-electron chi connectivity index (χ0n) is 6.66. The van der Waals surface area contributed by atoms with Gasteiger partial charge in [-0.2, -0.15) is 0 Å². The Morgan fingerprint density at radius 3 is 2.00 bits per heavy atom. The van der Waals surface area contributed by atoms with E-state index in [1.54, 1.807) is 0 Å². The van der Waals surface area contributed by atoms with Gasteiger partial charge in [0.25, 0.3) is 0 Å². The first-order chi connectivity index (χ1) is 3.95. The summed E-state index contributed by atoms with van der Waals surface area (Å²) in [6.07, 6.45) is 0. The van der Waals surface area contributed by atoms with Crippen LogP contribution in [0.1, 0.15) is 6.92 Å². The van der Waals surface area contributed by atoms with Crippen LogP contribution >= 0.6 is 22.6 Å². The predicted octanol–water partition coefficient (Wildman–Crippen LogP) is 3.25. The first-order valence-electron chi connectivity index (χ1n) is 3.20. The highest BCUT2D eigenvalue weighted by Gasteiger charge is 2.07. The van der Waals surface area contributed by atoms with Gasteiger partial charge in [-0.05, 0) is 6.92 Å². The lowest BCUT2D eigenvalue weighted by Gasteiger charge is -2.09. The summed E-state index contributed by atoms with van der Waals surface area (Å²) in [6.45, 7) is 9.30. The third-order valence-electron chi connectivity index (χ3n) is 0.890. The van der Waals surface area contributed by atoms with Crippen molar-refractivity contribution in [2.75, 3.05) is 4.43 Å². The lowest BCUT2D eigenvalue weighted by molar-refractivity contribution is 1.44. The summed E-state index contributed by atoms with van der Waals surface area (Å²) >= 11 is 2.41. The first-order valence-corrected chi connectivity index (χ1v) is 8.30. The molecule has 0 aliphatic heterocycles. The van der Waals surface area contributed by atoms with E-state index >= 15 is 0 Å². The summed E-state index contributed by atoms with van der Waals surface area (Å²) in [5.74, 6) is 0. The molecule has 0 saturated carbocycles. The molecule has 0 aromatic rings. The minimum Gasteiger partial charge on any atom is -0.0953 e. The summed E-state index contributed by atoms with van der Waals surface area (Å²) in [7, 11) is -0.908. The van der Waals surface area contributed by atoms with Gasteiger partial charge in [0.05, 0.1) is 8.07 Å². The lowest BCUT2D eigenvalue weighted by atomic mass is 10.4. The smallest absolute Gasteiger partial charge is 0.0686 e. The van der Waals surface area contributed by atoms with Crippen LogP contribution in [0.3, 0.4) is 0 Å². The molecule has 0 heterocycles. The van der Waals surface area contributed by atoms with E-state index in [1.165, 1.54) is 10.0 Å². The highest BCUT2D eigenvalue weighted by atomic mass is 127. The zero-order valence-corrected chi connectivity index (χ0v) is 9.82. The van der Waals surface area contributed by atoms with E-state index in [0.29, 0.717) is 0 Å². The van der Waals surface area contributed by atoms with E-state index in [9.17, 15) is 0 Å². The van der Waals surface area contributed by atoms with E-state index in [4.69, 9.17) is 0 Å². The fourth-order valence-corrected chi connectivity index (χ4v) is 2.99. The lowest BCUT2D eigenvalue weighted by Crippen LogP contribution is -2.16. The minimum atomic E-state index is -0.908. The normalized spacial score (nSPS) is 14.1. The maximum Gasteiger partial charge on any atom is 0.0686 e. The van der Waals surface area contributed by atoms with Crippen molar-refractivity contribution in [2.45, 2.75) is 26.6 Å². The van der Waals surface area contributed by atoms with Crippen LogP contribution in [-0.2, 0) is 0 Å². The van der Waals surface area contributed by atoms with Crippen LogP contribution in [0.5, 0.6) is 0 Å². The van der Waals surface area contributed by atoms with Crippen molar-refractivity contribution < 1.29 is 0 Å². The Bertz CT molecular complexity index is 111. The van der Waals surface area contributed by atoms with E-state index in [-0.39, 0.29) is 0 Å². The Kier molecular flexibility index (Phi) is 4.04. The molecular weight excluding hydrogens is 239 g/mol. The van der Waals surface area contributed by atoms with E-state index in [2.05, 4.69) is 54.9 Å². The monoisotopic (exact) mass is 254 g/mol. The van der Waals surface area contributed by atoms with Gasteiger partial charge in [-0.25, -0.2) is 0 Å². The molecule has 0 fully saturated rings. The second kappa shape index (κ2) is 3.76. The van der Waals surface area contributed by atoms with Crippen LogP contribution in [-0.4, -0.2) is 12.5 Å². The van der Waals surface area contributed by atoms with Crippen LogP contribution in [0.25, 0.3) is 0 Å². The topological polar surface area (TPSA) is 0 Å². The molecule has 0 aliphatic rings. The second-order valence-electron chi connectivity index (χ2n) is 3.49. The van der Waals surface area contributed by atoms with Crippen LogP contribution in [0.15, 0.2) is 11.3 Å². The maximum absolute atomic E-state index is 2.46. The van der Waals surface area contributed by atoms with Gasteiger partial charge < -0.3 is 0 Å². The Labute approximate surface area is 72.9 Å². The summed E-state index contributed by atoms with van der Waals surface area (Å²) in [5.41, 5.74) is 3.99. The number of hydrogen-bond acceptors (Lipinski definition) is 0. The van der Waals surface area contributed by atoms with Gasteiger partial charge in [0.15, 0.2) is 0 Å². The maximum atomic E-state index is 2.46. The van der Waals surface area contributed by atoms with Crippen molar-refractivity contribution in [2.24, 2.45) is 0 Å². The molecule has 0 spiro atoms. The summed E-state index contributed by atoms with van der Waals surface area (Å²) in [4.78, 5) is 0. The number of rotatable bonds is 2. The Balaban J connectivity index is 3.95. The quantitative estimate of drug-likeness (QED) is 0.403. The number of allylic oxidation sites excluding steroid dienone is 1.